The molecule has 0 aliphatic carbocycles. The highest BCUT2D eigenvalue weighted by atomic mass is 14.6. The topological polar surface area (TPSA) is 12.9 Å². The molecule has 0 aliphatic heterocycles. The second-order valence-electron chi connectivity index (χ2n) is 3.26. The number of pyridine rings is 1. The van der Waals surface area contributed by atoms with Crippen molar-refractivity contribution in [2.24, 2.45) is 5.92 Å². The first-order valence-corrected chi connectivity index (χ1v) is 3.99. The van der Waals surface area contributed by atoms with Crippen LogP contribution in [0.3, 0.4) is 0 Å². The van der Waals surface area contributed by atoms with Crippen LogP contribution >= 0.6 is 0 Å². The summed E-state index contributed by atoms with van der Waals surface area (Å²) in [4.78, 5) is 3.88. The Bertz CT molecular complexity index is 165. The van der Waals surface area contributed by atoms with Crippen LogP contribution in [0.2, 0.25) is 0 Å². The average molecular weight is 151 g/mol. The molecule has 0 atom stereocenters. The highest BCUT2D eigenvalue weighted by molar-refractivity contribution is 5.04. The standard InChI is InChI=1S/C6H7N.C4H10/c1-6-3-2-4-7-5-6;1-4(2)3/h2-5H,1H3;4H,1-3H3. The Hall–Kier alpha value is -0.850. The molecule has 11 heavy (non-hydrogen) atoms. The van der Waals surface area contributed by atoms with Crippen molar-refractivity contribution in [3.05, 3.63) is 30.1 Å². The van der Waals surface area contributed by atoms with Crippen molar-refractivity contribution in [3.8, 4) is 0 Å². The zero-order valence-corrected chi connectivity index (χ0v) is 7.83. The molecular formula is C10H17N. The minimum Gasteiger partial charge on any atom is -0.264 e. The third kappa shape index (κ3) is 9.15. The van der Waals surface area contributed by atoms with Crippen LogP contribution in [0.1, 0.15) is 26.3 Å². The Morgan fingerprint density at radius 3 is 2.00 bits per heavy atom. The number of aryl methyl sites for hydroxylation is 1. The Balaban J connectivity index is 0.000000218. The highest BCUT2D eigenvalue weighted by Crippen LogP contribution is 1.88. The summed E-state index contributed by atoms with van der Waals surface area (Å²) in [6, 6.07) is 3.95. The van der Waals surface area contributed by atoms with Crippen LogP contribution in [0.25, 0.3) is 0 Å². The van der Waals surface area contributed by atoms with Gasteiger partial charge < -0.3 is 0 Å². The maximum Gasteiger partial charge on any atom is 0.0297 e. The zero-order chi connectivity index (χ0) is 8.69. The van der Waals surface area contributed by atoms with Gasteiger partial charge in [-0.15, -0.1) is 0 Å². The van der Waals surface area contributed by atoms with Gasteiger partial charge in [0.15, 0.2) is 0 Å². The lowest BCUT2D eigenvalue weighted by atomic mass is 10.3. The Kier molecular flexibility index (Phi) is 5.44. The molecule has 1 heterocycles. The molecular weight excluding hydrogens is 134 g/mol. The fourth-order valence-electron chi connectivity index (χ4n) is 0.448. The van der Waals surface area contributed by atoms with Crippen LogP contribution in [0.5, 0.6) is 0 Å². The second-order valence-corrected chi connectivity index (χ2v) is 3.26. The van der Waals surface area contributed by atoms with Crippen LogP contribution in [0, 0.1) is 12.8 Å². The van der Waals surface area contributed by atoms with Crippen molar-refractivity contribution >= 4 is 0 Å². The molecule has 0 amide bonds. The van der Waals surface area contributed by atoms with Gasteiger partial charge in [0.2, 0.25) is 0 Å². The Morgan fingerprint density at radius 2 is 1.82 bits per heavy atom. The van der Waals surface area contributed by atoms with Crippen LogP contribution in [-0.4, -0.2) is 4.98 Å². The van der Waals surface area contributed by atoms with Crippen molar-refractivity contribution in [3.63, 3.8) is 0 Å². The van der Waals surface area contributed by atoms with E-state index < -0.39 is 0 Å². The van der Waals surface area contributed by atoms with Crippen molar-refractivity contribution in [2.45, 2.75) is 27.7 Å². The summed E-state index contributed by atoms with van der Waals surface area (Å²) < 4.78 is 0. The third-order valence-corrected chi connectivity index (χ3v) is 0.809. The predicted molar refractivity (Wildman–Crippen MR) is 49.5 cm³/mol. The molecule has 0 spiro atoms. The number of nitrogens with zero attached hydrogens (tertiary/aromatic N) is 1. The van der Waals surface area contributed by atoms with E-state index in [4.69, 9.17) is 0 Å². The van der Waals surface area contributed by atoms with E-state index in [-0.39, 0.29) is 0 Å². The molecule has 0 fully saturated rings. The lowest BCUT2D eigenvalue weighted by molar-refractivity contribution is 0.737. The Morgan fingerprint density at radius 1 is 1.27 bits per heavy atom. The van der Waals surface area contributed by atoms with E-state index in [9.17, 15) is 0 Å². The lowest BCUT2D eigenvalue weighted by Crippen LogP contribution is -1.69. The van der Waals surface area contributed by atoms with E-state index in [0.29, 0.717) is 0 Å². The van der Waals surface area contributed by atoms with Crippen molar-refractivity contribution in [2.75, 3.05) is 0 Å². The smallest absolute Gasteiger partial charge is 0.0297 e. The monoisotopic (exact) mass is 151 g/mol. The van der Waals surface area contributed by atoms with Crippen LogP contribution < -0.4 is 0 Å². The second kappa shape index (κ2) is 5.90. The van der Waals surface area contributed by atoms with E-state index in [1.165, 1.54) is 5.56 Å². The summed E-state index contributed by atoms with van der Waals surface area (Å²) in [5.41, 5.74) is 1.21. The number of hydrogen-bond donors (Lipinski definition) is 0. The third-order valence-electron chi connectivity index (χ3n) is 0.809. The fraction of sp³-hybridized carbons (Fsp3) is 0.500. The predicted octanol–water partition coefficient (Wildman–Crippen LogP) is 3.05. The van der Waals surface area contributed by atoms with Crippen LogP contribution in [0.4, 0.5) is 0 Å². The highest BCUT2D eigenvalue weighted by Gasteiger charge is 1.73. The minimum absolute atomic E-state index is 0.833. The molecule has 62 valence electrons. The SMILES string of the molecule is CC(C)C.Cc1cccnc1. The molecule has 0 aromatic carbocycles. The first-order valence-electron chi connectivity index (χ1n) is 3.99. The molecule has 1 heteroatoms. The van der Waals surface area contributed by atoms with E-state index in [1.807, 2.05) is 25.3 Å². The summed E-state index contributed by atoms with van der Waals surface area (Å²) >= 11 is 0. The normalized spacial score (nSPS) is 8.82. The largest absolute Gasteiger partial charge is 0.264 e. The lowest BCUT2D eigenvalue weighted by Gasteiger charge is -1.82. The van der Waals surface area contributed by atoms with Crippen molar-refractivity contribution < 1.29 is 0 Å². The van der Waals surface area contributed by atoms with Gasteiger partial charge in [0.1, 0.15) is 0 Å². The molecule has 0 N–H and O–H groups in total. The number of aromatic nitrogens is 1. The van der Waals surface area contributed by atoms with Crippen molar-refractivity contribution in [1.82, 2.24) is 4.98 Å². The van der Waals surface area contributed by atoms with Gasteiger partial charge in [-0.25, -0.2) is 0 Å². The number of rotatable bonds is 0. The van der Waals surface area contributed by atoms with Gasteiger partial charge in [0.25, 0.3) is 0 Å². The quantitative estimate of drug-likeness (QED) is 0.555. The van der Waals surface area contributed by atoms with Gasteiger partial charge in [-0.2, -0.15) is 0 Å². The summed E-state index contributed by atoms with van der Waals surface area (Å²) in [7, 11) is 0. The average Bonchev–Trinajstić information content (AvgIpc) is 1.87. The maximum atomic E-state index is 3.88. The zero-order valence-electron chi connectivity index (χ0n) is 7.83. The van der Waals surface area contributed by atoms with Gasteiger partial charge in [0, 0.05) is 12.4 Å². The molecule has 1 nitrogen and oxygen atoms in total. The maximum absolute atomic E-state index is 3.88. The van der Waals surface area contributed by atoms with Crippen LogP contribution in [0.15, 0.2) is 24.5 Å². The molecule has 0 saturated carbocycles. The van der Waals surface area contributed by atoms with Gasteiger partial charge in [-0.1, -0.05) is 26.8 Å². The van der Waals surface area contributed by atoms with E-state index in [2.05, 4.69) is 25.8 Å². The first kappa shape index (κ1) is 10.2. The first-order chi connectivity index (χ1) is 5.13. The summed E-state index contributed by atoms with van der Waals surface area (Å²) in [5, 5.41) is 0. The molecule has 1 aromatic heterocycles. The van der Waals surface area contributed by atoms with Gasteiger partial charge >= 0.3 is 0 Å². The van der Waals surface area contributed by atoms with Crippen LogP contribution in [-0.2, 0) is 0 Å². The van der Waals surface area contributed by atoms with Gasteiger partial charge in [-0.3, -0.25) is 4.98 Å². The van der Waals surface area contributed by atoms with E-state index in [0.717, 1.165) is 5.92 Å². The number of hydrogen-bond acceptors (Lipinski definition) is 1. The molecule has 1 aromatic rings. The van der Waals surface area contributed by atoms with E-state index in [1.54, 1.807) is 6.20 Å². The molecule has 1 rings (SSSR count). The summed E-state index contributed by atoms with van der Waals surface area (Å²) in [6.07, 6.45) is 3.60. The van der Waals surface area contributed by atoms with Gasteiger partial charge in [0.05, 0.1) is 0 Å². The van der Waals surface area contributed by atoms with E-state index >= 15 is 0 Å². The molecule has 0 bridgehead atoms. The Labute approximate surface area is 69.5 Å². The molecule has 0 aliphatic rings. The summed E-state index contributed by atoms with van der Waals surface area (Å²) in [5.74, 6) is 0.833. The molecule has 0 radical (unpaired) electrons. The fourth-order valence-corrected chi connectivity index (χ4v) is 0.448. The van der Waals surface area contributed by atoms with Gasteiger partial charge in [-0.05, 0) is 24.5 Å². The van der Waals surface area contributed by atoms with Crippen molar-refractivity contribution in [1.29, 1.82) is 0 Å². The molecule has 0 saturated heterocycles. The molecule has 0 unspecified atom stereocenters. The minimum atomic E-state index is 0.833. The summed E-state index contributed by atoms with van der Waals surface area (Å²) in [6.45, 7) is 8.52.